The molecule has 0 aromatic heterocycles. The van der Waals surface area contributed by atoms with Crippen molar-refractivity contribution in [2.24, 2.45) is 11.7 Å². The van der Waals surface area contributed by atoms with Gasteiger partial charge in [-0.15, -0.1) is 0 Å². The summed E-state index contributed by atoms with van der Waals surface area (Å²) >= 11 is 5.18. The first-order valence-corrected chi connectivity index (χ1v) is 7.18. The van der Waals surface area contributed by atoms with Crippen LogP contribution in [0.4, 0.5) is 5.69 Å². The number of rotatable bonds is 3. The molecular weight excluding hydrogens is 240 g/mol. The van der Waals surface area contributed by atoms with Crippen molar-refractivity contribution >= 4 is 22.9 Å². The van der Waals surface area contributed by atoms with Crippen molar-refractivity contribution in [2.75, 3.05) is 18.0 Å². The van der Waals surface area contributed by atoms with E-state index in [4.69, 9.17) is 18.0 Å². The van der Waals surface area contributed by atoms with Crippen molar-refractivity contribution in [2.45, 2.75) is 33.1 Å². The predicted octanol–water partition coefficient (Wildman–Crippen LogP) is 3.26. The van der Waals surface area contributed by atoms with Crippen molar-refractivity contribution in [3.63, 3.8) is 0 Å². The quantitative estimate of drug-likeness (QED) is 0.848. The minimum atomic E-state index is 0.506. The molecule has 0 aliphatic carbocycles. The standard InChI is InChI=1S/C15H22N2S/c1-3-12-6-8-17(9-7-12)14-5-4-11(2)10-13(14)15(16)18/h4-5,10,12H,3,6-9H2,1-2H3,(H2,16,18). The molecule has 98 valence electrons. The molecule has 0 amide bonds. The highest BCUT2D eigenvalue weighted by Gasteiger charge is 2.20. The summed E-state index contributed by atoms with van der Waals surface area (Å²) in [5.74, 6) is 0.889. The molecule has 0 radical (unpaired) electrons. The molecule has 0 atom stereocenters. The number of piperidine rings is 1. The maximum absolute atomic E-state index is 5.85. The molecular formula is C15H22N2S. The van der Waals surface area contributed by atoms with E-state index in [-0.39, 0.29) is 0 Å². The number of thiocarbonyl (C=S) groups is 1. The SMILES string of the molecule is CCC1CCN(c2ccc(C)cc2C(N)=S)CC1. The largest absolute Gasteiger partial charge is 0.389 e. The third-order valence-electron chi connectivity index (χ3n) is 3.95. The van der Waals surface area contributed by atoms with Gasteiger partial charge >= 0.3 is 0 Å². The van der Waals surface area contributed by atoms with Crippen molar-refractivity contribution in [1.29, 1.82) is 0 Å². The third kappa shape index (κ3) is 2.83. The van der Waals surface area contributed by atoms with Crippen LogP contribution in [0.5, 0.6) is 0 Å². The summed E-state index contributed by atoms with van der Waals surface area (Å²) in [6.07, 6.45) is 3.85. The Labute approximate surface area is 115 Å². The zero-order valence-corrected chi connectivity index (χ0v) is 12.1. The van der Waals surface area contributed by atoms with Crippen LogP contribution in [0, 0.1) is 12.8 Å². The van der Waals surface area contributed by atoms with E-state index in [1.54, 1.807) is 0 Å². The molecule has 2 N–H and O–H groups in total. The molecule has 1 saturated heterocycles. The fraction of sp³-hybridized carbons (Fsp3) is 0.533. The molecule has 1 aromatic carbocycles. The molecule has 1 fully saturated rings. The lowest BCUT2D eigenvalue weighted by Gasteiger charge is -2.34. The highest BCUT2D eigenvalue weighted by Crippen LogP contribution is 2.28. The summed E-state index contributed by atoms with van der Waals surface area (Å²) in [4.78, 5) is 2.94. The summed E-state index contributed by atoms with van der Waals surface area (Å²) in [7, 11) is 0. The number of benzene rings is 1. The fourth-order valence-corrected chi connectivity index (χ4v) is 2.87. The van der Waals surface area contributed by atoms with Crippen molar-refractivity contribution in [3.05, 3.63) is 29.3 Å². The molecule has 3 heteroatoms. The average molecular weight is 262 g/mol. The number of nitrogens with zero attached hydrogens (tertiary/aromatic N) is 1. The van der Waals surface area contributed by atoms with E-state index in [0.717, 1.165) is 24.6 Å². The van der Waals surface area contributed by atoms with Crippen LogP contribution in [0.3, 0.4) is 0 Å². The van der Waals surface area contributed by atoms with Crippen LogP contribution in [-0.4, -0.2) is 18.1 Å². The van der Waals surface area contributed by atoms with E-state index < -0.39 is 0 Å². The zero-order chi connectivity index (χ0) is 13.1. The zero-order valence-electron chi connectivity index (χ0n) is 11.3. The molecule has 0 spiro atoms. The monoisotopic (exact) mass is 262 g/mol. The molecule has 1 aromatic rings. The van der Waals surface area contributed by atoms with E-state index in [1.165, 1.54) is 30.5 Å². The van der Waals surface area contributed by atoms with Gasteiger partial charge in [0, 0.05) is 24.3 Å². The van der Waals surface area contributed by atoms with E-state index in [2.05, 4.69) is 36.9 Å². The number of anilines is 1. The maximum atomic E-state index is 5.85. The second kappa shape index (κ2) is 5.70. The van der Waals surface area contributed by atoms with Crippen LogP contribution in [0.25, 0.3) is 0 Å². The van der Waals surface area contributed by atoms with E-state index in [1.807, 2.05) is 0 Å². The number of nitrogens with two attached hydrogens (primary N) is 1. The topological polar surface area (TPSA) is 29.3 Å². The Hall–Kier alpha value is -1.09. The summed E-state index contributed by atoms with van der Waals surface area (Å²) in [5, 5.41) is 0. The molecule has 0 saturated carbocycles. The molecule has 2 nitrogen and oxygen atoms in total. The minimum Gasteiger partial charge on any atom is -0.389 e. The van der Waals surface area contributed by atoms with Gasteiger partial charge in [0.2, 0.25) is 0 Å². The second-order valence-electron chi connectivity index (χ2n) is 5.22. The molecule has 1 aliphatic heterocycles. The lowest BCUT2D eigenvalue weighted by Crippen LogP contribution is -2.34. The van der Waals surface area contributed by atoms with E-state index in [9.17, 15) is 0 Å². The van der Waals surface area contributed by atoms with Crippen LogP contribution in [0.15, 0.2) is 18.2 Å². The van der Waals surface area contributed by atoms with Crippen LogP contribution < -0.4 is 10.6 Å². The summed E-state index contributed by atoms with van der Waals surface area (Å²) in [6, 6.07) is 6.41. The van der Waals surface area contributed by atoms with Gasteiger partial charge in [-0.05, 0) is 37.8 Å². The van der Waals surface area contributed by atoms with Crippen LogP contribution in [0.2, 0.25) is 0 Å². The highest BCUT2D eigenvalue weighted by molar-refractivity contribution is 7.80. The van der Waals surface area contributed by atoms with Gasteiger partial charge in [0.1, 0.15) is 4.99 Å². The molecule has 1 aliphatic rings. The lowest BCUT2D eigenvalue weighted by molar-refractivity contribution is 0.395. The van der Waals surface area contributed by atoms with Crippen LogP contribution in [0.1, 0.15) is 37.3 Å². The molecule has 18 heavy (non-hydrogen) atoms. The van der Waals surface area contributed by atoms with Gasteiger partial charge in [-0.3, -0.25) is 0 Å². The van der Waals surface area contributed by atoms with Gasteiger partial charge < -0.3 is 10.6 Å². The smallest absolute Gasteiger partial charge is 0.106 e. The number of hydrogen-bond donors (Lipinski definition) is 1. The Balaban J connectivity index is 2.21. The van der Waals surface area contributed by atoms with Gasteiger partial charge in [-0.25, -0.2) is 0 Å². The normalized spacial score (nSPS) is 16.9. The Morgan fingerprint density at radius 2 is 2.06 bits per heavy atom. The predicted molar refractivity (Wildman–Crippen MR) is 82.3 cm³/mol. The van der Waals surface area contributed by atoms with Gasteiger partial charge in [-0.1, -0.05) is 37.2 Å². The summed E-state index contributed by atoms with van der Waals surface area (Å²) in [6.45, 7) is 6.61. The number of hydrogen-bond acceptors (Lipinski definition) is 2. The Kier molecular flexibility index (Phi) is 4.23. The maximum Gasteiger partial charge on any atom is 0.106 e. The third-order valence-corrected chi connectivity index (χ3v) is 4.17. The number of aryl methyl sites for hydroxylation is 1. The van der Waals surface area contributed by atoms with Gasteiger partial charge in [0.25, 0.3) is 0 Å². The summed E-state index contributed by atoms with van der Waals surface area (Å²) in [5.41, 5.74) is 9.30. The van der Waals surface area contributed by atoms with Gasteiger partial charge in [0.05, 0.1) is 0 Å². The average Bonchev–Trinajstić information content (AvgIpc) is 2.39. The van der Waals surface area contributed by atoms with E-state index in [0.29, 0.717) is 4.99 Å². The first-order chi connectivity index (χ1) is 8.61. The van der Waals surface area contributed by atoms with Crippen LogP contribution >= 0.6 is 12.2 Å². The van der Waals surface area contributed by atoms with Gasteiger partial charge in [-0.2, -0.15) is 0 Å². The van der Waals surface area contributed by atoms with Crippen molar-refractivity contribution < 1.29 is 0 Å². The molecule has 0 unspecified atom stereocenters. The first kappa shape index (κ1) is 13.3. The molecule has 2 rings (SSSR count). The van der Waals surface area contributed by atoms with Gasteiger partial charge in [0.15, 0.2) is 0 Å². The molecule has 1 heterocycles. The highest BCUT2D eigenvalue weighted by atomic mass is 32.1. The minimum absolute atomic E-state index is 0.506. The van der Waals surface area contributed by atoms with E-state index >= 15 is 0 Å². The Morgan fingerprint density at radius 3 is 2.61 bits per heavy atom. The first-order valence-electron chi connectivity index (χ1n) is 6.77. The Bertz CT molecular complexity index is 434. The Morgan fingerprint density at radius 1 is 1.39 bits per heavy atom. The molecule has 0 bridgehead atoms. The van der Waals surface area contributed by atoms with Crippen LogP contribution in [-0.2, 0) is 0 Å². The lowest BCUT2D eigenvalue weighted by atomic mass is 9.93. The fourth-order valence-electron chi connectivity index (χ4n) is 2.71. The van der Waals surface area contributed by atoms with Crippen molar-refractivity contribution in [1.82, 2.24) is 0 Å². The summed E-state index contributed by atoms with van der Waals surface area (Å²) < 4.78 is 0. The second-order valence-corrected chi connectivity index (χ2v) is 5.66. The van der Waals surface area contributed by atoms with Crippen molar-refractivity contribution in [3.8, 4) is 0 Å².